The Labute approximate surface area is 115 Å². The summed E-state index contributed by atoms with van der Waals surface area (Å²) in [4.78, 5) is 0. The van der Waals surface area contributed by atoms with Gasteiger partial charge in [0.05, 0.1) is 0 Å². The number of piperazine rings is 1. The van der Waals surface area contributed by atoms with E-state index in [1.54, 1.807) is 0 Å². The molecule has 1 saturated heterocycles. The van der Waals surface area contributed by atoms with Gasteiger partial charge in [0.2, 0.25) is 0 Å². The molecule has 19 heavy (non-hydrogen) atoms. The summed E-state index contributed by atoms with van der Waals surface area (Å²) < 4.78 is 28.2. The van der Waals surface area contributed by atoms with Crippen molar-refractivity contribution in [2.75, 3.05) is 32.7 Å². The molecule has 0 aromatic heterocycles. The second-order valence-electron chi connectivity index (χ2n) is 4.79. The summed E-state index contributed by atoms with van der Waals surface area (Å²) in [5, 5.41) is 3.14. The van der Waals surface area contributed by atoms with Crippen molar-refractivity contribution in [2.45, 2.75) is 13.3 Å². The van der Waals surface area contributed by atoms with Gasteiger partial charge in [0, 0.05) is 32.7 Å². The molecule has 0 amide bonds. The van der Waals surface area contributed by atoms with Crippen LogP contribution in [0.25, 0.3) is 0 Å². The van der Waals surface area contributed by atoms with Gasteiger partial charge in [-0.1, -0.05) is 29.8 Å². The molecule has 6 heteroatoms. The number of rotatable bonds is 5. The summed E-state index contributed by atoms with van der Waals surface area (Å²) in [6.07, 6.45) is 0.715. The fourth-order valence-electron chi connectivity index (χ4n) is 2.17. The van der Waals surface area contributed by atoms with E-state index < -0.39 is 10.2 Å². The number of nitrogens with zero attached hydrogens (tertiary/aromatic N) is 1. The second-order valence-corrected chi connectivity index (χ2v) is 6.54. The van der Waals surface area contributed by atoms with E-state index in [1.807, 2.05) is 25.1 Å². The molecule has 0 unspecified atom stereocenters. The maximum atomic E-state index is 12.0. The number of benzene rings is 1. The van der Waals surface area contributed by atoms with E-state index >= 15 is 0 Å². The van der Waals surface area contributed by atoms with Crippen molar-refractivity contribution in [3.8, 4) is 0 Å². The van der Waals surface area contributed by atoms with Crippen molar-refractivity contribution in [1.29, 1.82) is 0 Å². The first kappa shape index (κ1) is 14.5. The van der Waals surface area contributed by atoms with Crippen LogP contribution in [0.5, 0.6) is 0 Å². The molecule has 106 valence electrons. The minimum absolute atomic E-state index is 0.440. The number of nitrogens with one attached hydrogen (secondary N) is 2. The summed E-state index contributed by atoms with van der Waals surface area (Å²) in [6, 6.07) is 8.13. The first-order valence-electron chi connectivity index (χ1n) is 6.59. The van der Waals surface area contributed by atoms with Gasteiger partial charge in [-0.3, -0.25) is 0 Å². The Morgan fingerprint density at radius 2 is 2.05 bits per heavy atom. The molecule has 0 spiro atoms. The summed E-state index contributed by atoms with van der Waals surface area (Å²) in [5.41, 5.74) is 2.35. The first-order valence-corrected chi connectivity index (χ1v) is 8.03. The van der Waals surface area contributed by atoms with Gasteiger partial charge in [-0.25, -0.2) is 4.72 Å². The van der Waals surface area contributed by atoms with E-state index in [0.29, 0.717) is 26.1 Å². The highest BCUT2D eigenvalue weighted by Gasteiger charge is 2.22. The normalized spacial score (nSPS) is 17.5. The minimum atomic E-state index is -3.32. The Balaban J connectivity index is 1.84. The van der Waals surface area contributed by atoms with Crippen molar-refractivity contribution >= 4 is 10.2 Å². The predicted molar refractivity (Wildman–Crippen MR) is 76.2 cm³/mol. The topological polar surface area (TPSA) is 61.4 Å². The summed E-state index contributed by atoms with van der Waals surface area (Å²) >= 11 is 0. The van der Waals surface area contributed by atoms with Gasteiger partial charge in [0.15, 0.2) is 0 Å². The minimum Gasteiger partial charge on any atom is -0.314 e. The Morgan fingerprint density at radius 1 is 1.32 bits per heavy atom. The van der Waals surface area contributed by atoms with E-state index in [9.17, 15) is 8.42 Å². The van der Waals surface area contributed by atoms with Gasteiger partial charge in [0.1, 0.15) is 0 Å². The van der Waals surface area contributed by atoms with Gasteiger partial charge in [0.25, 0.3) is 10.2 Å². The molecule has 1 aromatic rings. The third-order valence-electron chi connectivity index (χ3n) is 3.20. The van der Waals surface area contributed by atoms with Crippen LogP contribution in [0.4, 0.5) is 0 Å². The van der Waals surface area contributed by atoms with Crippen LogP contribution >= 0.6 is 0 Å². The Bertz CT molecular complexity index is 510. The molecular weight excluding hydrogens is 262 g/mol. The van der Waals surface area contributed by atoms with E-state index in [-0.39, 0.29) is 0 Å². The van der Waals surface area contributed by atoms with Gasteiger partial charge >= 0.3 is 0 Å². The highest BCUT2D eigenvalue weighted by Crippen LogP contribution is 2.05. The molecule has 2 N–H and O–H groups in total. The lowest BCUT2D eigenvalue weighted by atomic mass is 10.1. The van der Waals surface area contributed by atoms with Crippen LogP contribution in [0, 0.1) is 6.92 Å². The maximum Gasteiger partial charge on any atom is 0.279 e. The van der Waals surface area contributed by atoms with Crippen molar-refractivity contribution in [1.82, 2.24) is 14.3 Å². The highest BCUT2D eigenvalue weighted by atomic mass is 32.2. The summed E-state index contributed by atoms with van der Waals surface area (Å²) in [6.45, 7) is 5.00. The van der Waals surface area contributed by atoms with Crippen LogP contribution in [0.3, 0.4) is 0 Å². The van der Waals surface area contributed by atoms with Crippen LogP contribution < -0.4 is 10.0 Å². The van der Waals surface area contributed by atoms with Crippen LogP contribution in [-0.2, 0) is 16.6 Å². The Hall–Kier alpha value is -0.950. The molecule has 1 aliphatic rings. The van der Waals surface area contributed by atoms with E-state index in [4.69, 9.17) is 0 Å². The number of aryl methyl sites for hydroxylation is 1. The van der Waals surface area contributed by atoms with Crippen LogP contribution in [0.2, 0.25) is 0 Å². The molecule has 1 fully saturated rings. The lowest BCUT2D eigenvalue weighted by Gasteiger charge is -2.26. The van der Waals surface area contributed by atoms with Gasteiger partial charge in [-0.2, -0.15) is 12.7 Å². The van der Waals surface area contributed by atoms with Crippen LogP contribution in [0.1, 0.15) is 11.1 Å². The van der Waals surface area contributed by atoms with E-state index in [1.165, 1.54) is 9.87 Å². The maximum absolute atomic E-state index is 12.0. The summed E-state index contributed by atoms with van der Waals surface area (Å²) in [5.74, 6) is 0. The van der Waals surface area contributed by atoms with Crippen LogP contribution in [-0.4, -0.2) is 45.4 Å². The monoisotopic (exact) mass is 283 g/mol. The molecule has 0 bridgehead atoms. The predicted octanol–water partition coefficient (Wildman–Crippen LogP) is 0.277. The zero-order valence-electron chi connectivity index (χ0n) is 11.2. The van der Waals surface area contributed by atoms with Gasteiger partial charge in [-0.05, 0) is 18.9 Å². The molecule has 1 aliphatic heterocycles. The standard InChI is InChI=1S/C13H21N3O2S/c1-12-3-2-4-13(11-12)5-6-15-19(17,18)16-9-7-14-8-10-16/h2-4,11,14-15H,5-10H2,1H3. The molecule has 1 aromatic carbocycles. The lowest BCUT2D eigenvalue weighted by Crippen LogP contribution is -2.50. The average Bonchev–Trinajstić information content (AvgIpc) is 2.40. The fourth-order valence-corrected chi connectivity index (χ4v) is 3.37. The Morgan fingerprint density at radius 3 is 2.74 bits per heavy atom. The van der Waals surface area contributed by atoms with E-state index in [2.05, 4.69) is 16.1 Å². The molecular formula is C13H21N3O2S. The zero-order chi connectivity index (χ0) is 13.7. The zero-order valence-corrected chi connectivity index (χ0v) is 12.0. The molecule has 5 nitrogen and oxygen atoms in total. The van der Waals surface area contributed by atoms with Crippen molar-refractivity contribution in [3.05, 3.63) is 35.4 Å². The summed E-state index contributed by atoms with van der Waals surface area (Å²) in [7, 11) is -3.32. The molecule has 0 aliphatic carbocycles. The third kappa shape index (κ3) is 4.28. The number of hydrogen-bond acceptors (Lipinski definition) is 3. The van der Waals surface area contributed by atoms with Crippen molar-refractivity contribution in [2.24, 2.45) is 0 Å². The van der Waals surface area contributed by atoms with Gasteiger partial charge in [-0.15, -0.1) is 0 Å². The van der Waals surface area contributed by atoms with E-state index in [0.717, 1.165) is 18.7 Å². The second kappa shape index (κ2) is 6.47. The van der Waals surface area contributed by atoms with Crippen molar-refractivity contribution in [3.63, 3.8) is 0 Å². The molecule has 0 atom stereocenters. The fraction of sp³-hybridized carbons (Fsp3) is 0.538. The average molecular weight is 283 g/mol. The Kier molecular flexibility index (Phi) is 4.93. The third-order valence-corrected chi connectivity index (χ3v) is 4.81. The largest absolute Gasteiger partial charge is 0.314 e. The van der Waals surface area contributed by atoms with Crippen molar-refractivity contribution < 1.29 is 8.42 Å². The molecule has 0 radical (unpaired) electrons. The molecule has 1 heterocycles. The smallest absolute Gasteiger partial charge is 0.279 e. The lowest BCUT2D eigenvalue weighted by molar-refractivity contribution is 0.355. The molecule has 0 saturated carbocycles. The quantitative estimate of drug-likeness (QED) is 0.816. The van der Waals surface area contributed by atoms with Gasteiger partial charge < -0.3 is 5.32 Å². The molecule has 2 rings (SSSR count). The first-order chi connectivity index (χ1) is 9.08. The number of hydrogen-bond donors (Lipinski definition) is 2. The highest BCUT2D eigenvalue weighted by molar-refractivity contribution is 7.87. The van der Waals surface area contributed by atoms with Crippen LogP contribution in [0.15, 0.2) is 24.3 Å². The SMILES string of the molecule is Cc1cccc(CCNS(=O)(=O)N2CCNCC2)c1.